The van der Waals surface area contributed by atoms with Gasteiger partial charge < -0.3 is 15.5 Å². The molecule has 1 fully saturated rings. The fourth-order valence-corrected chi connectivity index (χ4v) is 4.18. The highest BCUT2D eigenvalue weighted by atomic mass is 35.5. The van der Waals surface area contributed by atoms with Gasteiger partial charge in [-0.2, -0.15) is 0 Å². The third kappa shape index (κ3) is 7.91. The molecule has 1 aromatic rings. The van der Waals surface area contributed by atoms with Gasteiger partial charge in [0.25, 0.3) is 0 Å². The summed E-state index contributed by atoms with van der Waals surface area (Å²) in [5.41, 5.74) is 1.42. The van der Waals surface area contributed by atoms with Gasteiger partial charge in [0.05, 0.1) is 5.69 Å². The van der Waals surface area contributed by atoms with Gasteiger partial charge in [0.15, 0.2) is 5.11 Å². The zero-order valence-electron chi connectivity index (χ0n) is 16.0. The molecular weight excluding hydrogens is 384 g/mol. The molecule has 26 heavy (non-hydrogen) atoms. The number of thioether (sulfide) groups is 1. The van der Waals surface area contributed by atoms with Crippen molar-refractivity contribution >= 4 is 47.2 Å². The Morgan fingerprint density at radius 1 is 1.12 bits per heavy atom. The number of rotatable bonds is 9. The lowest BCUT2D eigenvalue weighted by molar-refractivity contribution is 0.255. The Balaban J connectivity index is 0.00000338. The predicted molar refractivity (Wildman–Crippen MR) is 122 cm³/mol. The first-order chi connectivity index (χ1) is 12.2. The first-order valence-corrected chi connectivity index (χ1v) is 10.8. The smallest absolute Gasteiger partial charge is 0.166 e. The van der Waals surface area contributed by atoms with Crippen LogP contribution in [0, 0.1) is 0 Å². The van der Waals surface area contributed by atoms with Gasteiger partial charge in [0, 0.05) is 44.2 Å². The van der Waals surface area contributed by atoms with Gasteiger partial charge in [0.1, 0.15) is 0 Å². The van der Waals surface area contributed by atoms with E-state index in [9.17, 15) is 0 Å². The molecule has 0 bridgehead atoms. The van der Waals surface area contributed by atoms with Gasteiger partial charge in [-0.25, -0.2) is 0 Å². The van der Waals surface area contributed by atoms with Crippen molar-refractivity contribution in [3.05, 3.63) is 24.3 Å². The van der Waals surface area contributed by atoms with E-state index < -0.39 is 0 Å². The van der Waals surface area contributed by atoms with Crippen molar-refractivity contribution in [3.8, 4) is 0 Å². The van der Waals surface area contributed by atoms with Crippen LogP contribution < -0.4 is 15.5 Å². The number of thiocarbonyl (C=S) groups is 1. The predicted octanol–water partition coefficient (Wildman–Crippen LogP) is 3.61. The Labute approximate surface area is 174 Å². The Kier molecular flexibility index (Phi) is 12.1. The fraction of sp³-hybridized carbons (Fsp3) is 0.632. The van der Waals surface area contributed by atoms with Gasteiger partial charge in [-0.05, 0) is 56.4 Å². The van der Waals surface area contributed by atoms with Gasteiger partial charge >= 0.3 is 0 Å². The molecule has 0 spiro atoms. The number of nitrogens with zero attached hydrogens (tertiary/aromatic N) is 2. The van der Waals surface area contributed by atoms with Crippen molar-refractivity contribution < 1.29 is 0 Å². The molecule has 2 N–H and O–H groups in total. The minimum Gasteiger partial charge on any atom is -0.368 e. The van der Waals surface area contributed by atoms with Crippen molar-refractivity contribution in [2.24, 2.45) is 0 Å². The van der Waals surface area contributed by atoms with E-state index in [0.717, 1.165) is 57.3 Å². The minimum absolute atomic E-state index is 0. The van der Waals surface area contributed by atoms with Gasteiger partial charge in [-0.1, -0.05) is 19.1 Å². The SMILES string of the molecule is CCCSc1ccccc1N1CCN(CCCNC(=S)NCC)CC1.Cl. The van der Waals surface area contributed by atoms with Crippen molar-refractivity contribution in [1.29, 1.82) is 0 Å². The van der Waals surface area contributed by atoms with Crippen LogP contribution in [0.25, 0.3) is 0 Å². The Bertz CT molecular complexity index is 522. The van der Waals surface area contributed by atoms with Crippen LogP contribution >= 0.6 is 36.4 Å². The lowest BCUT2D eigenvalue weighted by atomic mass is 10.2. The Hall–Kier alpha value is -0.690. The summed E-state index contributed by atoms with van der Waals surface area (Å²) < 4.78 is 0. The van der Waals surface area contributed by atoms with E-state index in [1.165, 1.54) is 22.8 Å². The Morgan fingerprint density at radius 2 is 1.85 bits per heavy atom. The molecule has 1 aliphatic rings. The number of anilines is 1. The van der Waals surface area contributed by atoms with E-state index in [2.05, 4.69) is 58.5 Å². The second-order valence-corrected chi connectivity index (χ2v) is 7.83. The Morgan fingerprint density at radius 3 is 2.54 bits per heavy atom. The van der Waals surface area contributed by atoms with Crippen LogP contribution in [0.1, 0.15) is 26.7 Å². The molecule has 2 rings (SSSR count). The molecule has 4 nitrogen and oxygen atoms in total. The first-order valence-electron chi connectivity index (χ1n) is 9.45. The fourth-order valence-electron chi connectivity index (χ4n) is 2.99. The number of hydrogen-bond donors (Lipinski definition) is 2. The van der Waals surface area contributed by atoms with Gasteiger partial charge in [-0.3, -0.25) is 4.90 Å². The minimum atomic E-state index is 0. The van der Waals surface area contributed by atoms with Crippen LogP contribution in [-0.4, -0.2) is 61.6 Å². The average Bonchev–Trinajstić information content (AvgIpc) is 2.64. The molecule has 0 amide bonds. The van der Waals surface area contributed by atoms with Crippen molar-refractivity contribution in [2.45, 2.75) is 31.6 Å². The summed E-state index contributed by atoms with van der Waals surface area (Å²) in [5, 5.41) is 7.16. The average molecular weight is 417 g/mol. The van der Waals surface area contributed by atoms with Crippen molar-refractivity contribution in [2.75, 3.05) is 56.5 Å². The number of piperazine rings is 1. The number of benzene rings is 1. The zero-order valence-corrected chi connectivity index (χ0v) is 18.4. The molecule has 0 radical (unpaired) electrons. The van der Waals surface area contributed by atoms with Crippen LogP contribution in [-0.2, 0) is 0 Å². The van der Waals surface area contributed by atoms with Crippen LogP contribution in [0.4, 0.5) is 5.69 Å². The summed E-state index contributed by atoms with van der Waals surface area (Å²) in [6.07, 6.45) is 2.35. The molecule has 0 atom stereocenters. The quantitative estimate of drug-likeness (QED) is 0.363. The molecule has 0 aromatic heterocycles. The van der Waals surface area contributed by atoms with Crippen LogP contribution in [0.3, 0.4) is 0 Å². The summed E-state index contributed by atoms with van der Waals surface area (Å²) in [5.74, 6) is 1.19. The molecule has 0 saturated carbocycles. The molecule has 1 saturated heterocycles. The molecule has 1 aliphatic heterocycles. The largest absolute Gasteiger partial charge is 0.368 e. The summed E-state index contributed by atoms with van der Waals surface area (Å²) in [6, 6.07) is 8.86. The van der Waals surface area contributed by atoms with Crippen molar-refractivity contribution in [1.82, 2.24) is 15.5 Å². The van der Waals surface area contributed by atoms with Gasteiger partial charge in [0.2, 0.25) is 0 Å². The number of halogens is 1. The molecule has 0 unspecified atom stereocenters. The summed E-state index contributed by atoms with van der Waals surface area (Å²) in [7, 11) is 0. The van der Waals surface area contributed by atoms with Crippen LogP contribution in [0.15, 0.2) is 29.2 Å². The van der Waals surface area contributed by atoms with E-state index >= 15 is 0 Å². The monoisotopic (exact) mass is 416 g/mol. The summed E-state index contributed by atoms with van der Waals surface area (Å²) >= 11 is 7.17. The van der Waals surface area contributed by atoms with E-state index in [4.69, 9.17) is 12.2 Å². The van der Waals surface area contributed by atoms with Crippen LogP contribution in [0.5, 0.6) is 0 Å². The third-order valence-electron chi connectivity index (χ3n) is 4.31. The van der Waals surface area contributed by atoms with E-state index in [1.807, 2.05) is 11.8 Å². The van der Waals surface area contributed by atoms with E-state index in [1.54, 1.807) is 0 Å². The normalized spacial score (nSPS) is 14.6. The summed E-state index contributed by atoms with van der Waals surface area (Å²) in [6.45, 7) is 11.8. The molecular formula is C19H33ClN4S2. The lowest BCUT2D eigenvalue weighted by Crippen LogP contribution is -2.47. The van der Waals surface area contributed by atoms with E-state index in [-0.39, 0.29) is 12.4 Å². The molecule has 1 heterocycles. The highest BCUT2D eigenvalue weighted by Gasteiger charge is 2.18. The third-order valence-corrected chi connectivity index (χ3v) is 5.87. The molecule has 1 aromatic carbocycles. The molecule has 148 valence electrons. The maximum Gasteiger partial charge on any atom is 0.166 e. The van der Waals surface area contributed by atoms with Gasteiger partial charge in [-0.15, -0.1) is 24.2 Å². The highest BCUT2D eigenvalue weighted by Crippen LogP contribution is 2.31. The topological polar surface area (TPSA) is 30.5 Å². The molecule has 0 aliphatic carbocycles. The highest BCUT2D eigenvalue weighted by molar-refractivity contribution is 7.99. The second kappa shape index (κ2) is 13.5. The number of nitrogens with one attached hydrogen (secondary N) is 2. The maximum absolute atomic E-state index is 5.19. The summed E-state index contributed by atoms with van der Waals surface area (Å²) in [4.78, 5) is 6.54. The van der Waals surface area contributed by atoms with E-state index in [0.29, 0.717) is 0 Å². The maximum atomic E-state index is 5.19. The first kappa shape index (κ1) is 23.3. The van der Waals surface area contributed by atoms with Crippen LogP contribution in [0.2, 0.25) is 0 Å². The second-order valence-electron chi connectivity index (χ2n) is 6.28. The molecule has 7 heteroatoms. The number of hydrogen-bond acceptors (Lipinski definition) is 4. The van der Waals surface area contributed by atoms with Crippen molar-refractivity contribution in [3.63, 3.8) is 0 Å². The lowest BCUT2D eigenvalue weighted by Gasteiger charge is -2.37. The standard InChI is InChI=1S/C19H32N4S2.ClH/c1-3-16-25-18-9-6-5-8-17(18)23-14-12-22(13-15-23)11-7-10-21-19(24)20-4-2;/h5-6,8-9H,3-4,7,10-16H2,1-2H3,(H2,20,21,24);1H. The number of para-hydroxylation sites is 1. The zero-order chi connectivity index (χ0) is 17.9.